The fourth-order valence-corrected chi connectivity index (χ4v) is 3.42. The molecular formula is C16H22FN3O. The summed E-state index contributed by atoms with van der Waals surface area (Å²) < 4.78 is 14.0. The van der Waals surface area contributed by atoms with Gasteiger partial charge < -0.3 is 9.80 Å². The summed E-state index contributed by atoms with van der Waals surface area (Å²) in [5.74, 6) is 0.286. The molecule has 0 aliphatic carbocycles. The minimum Gasteiger partial charge on any atom is -0.321 e. The van der Waals surface area contributed by atoms with Crippen LogP contribution in [0.1, 0.15) is 24.6 Å². The number of likely N-dealkylation sites (tertiary alicyclic amines) is 1. The third kappa shape index (κ3) is 3.09. The summed E-state index contributed by atoms with van der Waals surface area (Å²) in [6.45, 7) is 3.13. The minimum absolute atomic E-state index is 0.0662. The molecule has 0 bridgehead atoms. The number of rotatable bonds is 3. The minimum atomic E-state index is -0.328. The van der Waals surface area contributed by atoms with Crippen molar-refractivity contribution in [3.8, 4) is 0 Å². The SMILES string of the molecule is CN1CCCC(CN2C(=O)CNC2c2ccccc2F)C1. The van der Waals surface area contributed by atoms with E-state index < -0.39 is 0 Å². The Morgan fingerprint density at radius 3 is 2.95 bits per heavy atom. The molecule has 2 fully saturated rings. The van der Waals surface area contributed by atoms with Crippen LogP contribution >= 0.6 is 0 Å². The average Bonchev–Trinajstić information content (AvgIpc) is 2.81. The van der Waals surface area contributed by atoms with Gasteiger partial charge in [-0.25, -0.2) is 4.39 Å². The van der Waals surface area contributed by atoms with Crippen LogP contribution in [0.3, 0.4) is 0 Å². The standard InChI is InChI=1S/C16H22FN3O/c1-19-8-4-5-12(10-19)11-20-15(21)9-18-16(20)13-6-2-3-7-14(13)17/h2-3,6-7,12,16,18H,4-5,8-11H2,1H3. The number of hydrogen-bond acceptors (Lipinski definition) is 3. The number of hydrogen-bond donors (Lipinski definition) is 1. The number of nitrogens with zero attached hydrogens (tertiary/aromatic N) is 2. The van der Waals surface area contributed by atoms with Crippen LogP contribution in [0, 0.1) is 11.7 Å². The fourth-order valence-electron chi connectivity index (χ4n) is 3.42. The molecule has 21 heavy (non-hydrogen) atoms. The van der Waals surface area contributed by atoms with Gasteiger partial charge in [0.05, 0.1) is 6.54 Å². The van der Waals surface area contributed by atoms with Gasteiger partial charge in [-0.15, -0.1) is 0 Å². The second-order valence-electron chi connectivity index (χ2n) is 6.12. The Morgan fingerprint density at radius 2 is 2.19 bits per heavy atom. The van der Waals surface area contributed by atoms with Crippen molar-refractivity contribution in [2.45, 2.75) is 19.0 Å². The molecule has 0 spiro atoms. The first kappa shape index (κ1) is 14.5. The van der Waals surface area contributed by atoms with Crippen molar-refractivity contribution in [3.63, 3.8) is 0 Å². The molecule has 2 saturated heterocycles. The topological polar surface area (TPSA) is 35.6 Å². The predicted octanol–water partition coefficient (Wildman–Crippen LogP) is 1.60. The largest absolute Gasteiger partial charge is 0.321 e. The first-order valence-electron chi connectivity index (χ1n) is 7.61. The molecule has 114 valence electrons. The number of benzene rings is 1. The zero-order chi connectivity index (χ0) is 14.8. The van der Waals surface area contributed by atoms with Gasteiger partial charge in [-0.1, -0.05) is 18.2 Å². The van der Waals surface area contributed by atoms with E-state index in [1.807, 2.05) is 11.0 Å². The molecule has 2 heterocycles. The summed E-state index contributed by atoms with van der Waals surface area (Å²) in [5, 5.41) is 3.14. The molecule has 1 aromatic rings. The van der Waals surface area contributed by atoms with Gasteiger partial charge in [0.1, 0.15) is 12.0 Å². The Hall–Kier alpha value is -1.46. The molecule has 0 radical (unpaired) electrons. The lowest BCUT2D eigenvalue weighted by Gasteiger charge is -2.34. The van der Waals surface area contributed by atoms with Crippen LogP contribution in [0.2, 0.25) is 0 Å². The van der Waals surface area contributed by atoms with Crippen molar-refractivity contribution in [1.82, 2.24) is 15.1 Å². The Labute approximate surface area is 124 Å². The van der Waals surface area contributed by atoms with Gasteiger partial charge >= 0.3 is 0 Å². The summed E-state index contributed by atoms with van der Waals surface area (Å²) >= 11 is 0. The Balaban J connectivity index is 1.75. The molecule has 2 aliphatic rings. The molecule has 0 saturated carbocycles. The molecule has 2 aliphatic heterocycles. The van der Waals surface area contributed by atoms with Crippen LogP contribution in [0.5, 0.6) is 0 Å². The lowest BCUT2D eigenvalue weighted by molar-refractivity contribution is -0.129. The Morgan fingerprint density at radius 1 is 1.38 bits per heavy atom. The lowest BCUT2D eigenvalue weighted by Crippen LogP contribution is -2.41. The van der Waals surface area contributed by atoms with E-state index in [4.69, 9.17) is 0 Å². The van der Waals surface area contributed by atoms with Crippen LogP contribution in [0.25, 0.3) is 0 Å². The van der Waals surface area contributed by atoms with E-state index in [1.54, 1.807) is 12.1 Å². The second-order valence-corrected chi connectivity index (χ2v) is 6.12. The molecule has 1 amide bonds. The number of nitrogens with one attached hydrogen (secondary N) is 1. The van der Waals surface area contributed by atoms with Crippen molar-refractivity contribution in [1.29, 1.82) is 0 Å². The number of carbonyl (C=O) groups excluding carboxylic acids is 1. The highest BCUT2D eigenvalue weighted by Crippen LogP contribution is 2.27. The Bertz CT molecular complexity index is 522. The smallest absolute Gasteiger partial charge is 0.238 e. The summed E-state index contributed by atoms with van der Waals surface area (Å²) in [5.41, 5.74) is 0.563. The number of carbonyl (C=O) groups is 1. The van der Waals surface area contributed by atoms with Gasteiger partial charge in [0.2, 0.25) is 5.91 Å². The first-order valence-corrected chi connectivity index (χ1v) is 7.61. The summed E-state index contributed by atoms with van der Waals surface area (Å²) in [7, 11) is 2.12. The lowest BCUT2D eigenvalue weighted by atomic mass is 9.97. The van der Waals surface area contributed by atoms with Crippen LogP contribution in [-0.4, -0.2) is 48.9 Å². The predicted molar refractivity (Wildman–Crippen MR) is 79.1 cm³/mol. The maximum absolute atomic E-state index is 14.0. The van der Waals surface area contributed by atoms with E-state index in [2.05, 4.69) is 17.3 Å². The van der Waals surface area contributed by atoms with E-state index in [1.165, 1.54) is 12.5 Å². The van der Waals surface area contributed by atoms with Crippen LogP contribution in [-0.2, 0) is 4.79 Å². The summed E-state index contributed by atoms with van der Waals surface area (Å²) in [6, 6.07) is 6.70. The molecule has 5 heteroatoms. The van der Waals surface area contributed by atoms with Crippen LogP contribution in [0.4, 0.5) is 4.39 Å². The maximum atomic E-state index is 14.0. The third-order valence-electron chi connectivity index (χ3n) is 4.46. The van der Waals surface area contributed by atoms with Crippen molar-refractivity contribution < 1.29 is 9.18 Å². The van der Waals surface area contributed by atoms with Crippen LogP contribution < -0.4 is 5.32 Å². The summed E-state index contributed by atoms with van der Waals surface area (Å²) in [6.07, 6.45) is 1.98. The molecule has 2 unspecified atom stereocenters. The molecule has 1 N–H and O–H groups in total. The third-order valence-corrected chi connectivity index (χ3v) is 4.46. The van der Waals surface area contributed by atoms with E-state index in [9.17, 15) is 9.18 Å². The first-order chi connectivity index (χ1) is 10.1. The zero-order valence-corrected chi connectivity index (χ0v) is 12.4. The van der Waals surface area contributed by atoms with Gasteiger partial charge in [-0.2, -0.15) is 0 Å². The monoisotopic (exact) mass is 291 g/mol. The van der Waals surface area contributed by atoms with Gasteiger partial charge in [0.25, 0.3) is 0 Å². The van der Waals surface area contributed by atoms with E-state index >= 15 is 0 Å². The fraction of sp³-hybridized carbons (Fsp3) is 0.562. The molecule has 4 nitrogen and oxygen atoms in total. The number of piperidine rings is 1. The molecule has 2 atom stereocenters. The van der Waals surface area contributed by atoms with Gasteiger partial charge in [-0.3, -0.25) is 10.1 Å². The highest BCUT2D eigenvalue weighted by molar-refractivity contribution is 5.81. The molecule has 3 rings (SSSR count). The van der Waals surface area contributed by atoms with Gasteiger partial charge in [-0.05, 0) is 38.4 Å². The van der Waals surface area contributed by atoms with Gasteiger partial charge in [0, 0.05) is 18.7 Å². The molecule has 0 aromatic heterocycles. The van der Waals surface area contributed by atoms with Crippen molar-refractivity contribution in [3.05, 3.63) is 35.6 Å². The van der Waals surface area contributed by atoms with Crippen LogP contribution in [0.15, 0.2) is 24.3 Å². The highest BCUT2D eigenvalue weighted by Gasteiger charge is 2.35. The number of halogens is 1. The second kappa shape index (κ2) is 6.12. The highest BCUT2D eigenvalue weighted by atomic mass is 19.1. The average molecular weight is 291 g/mol. The van der Waals surface area contributed by atoms with E-state index in [0.29, 0.717) is 24.6 Å². The van der Waals surface area contributed by atoms with Crippen molar-refractivity contribution in [2.24, 2.45) is 5.92 Å². The van der Waals surface area contributed by atoms with E-state index in [-0.39, 0.29) is 17.9 Å². The molecular weight excluding hydrogens is 269 g/mol. The van der Waals surface area contributed by atoms with Gasteiger partial charge in [0.15, 0.2) is 0 Å². The number of amides is 1. The molecule has 1 aromatic carbocycles. The van der Waals surface area contributed by atoms with E-state index in [0.717, 1.165) is 19.5 Å². The normalized spacial score (nSPS) is 27.3. The summed E-state index contributed by atoms with van der Waals surface area (Å²) in [4.78, 5) is 16.3. The van der Waals surface area contributed by atoms with Crippen molar-refractivity contribution >= 4 is 5.91 Å². The Kier molecular flexibility index (Phi) is 4.22. The zero-order valence-electron chi connectivity index (χ0n) is 12.4. The quantitative estimate of drug-likeness (QED) is 0.919. The maximum Gasteiger partial charge on any atom is 0.238 e. The van der Waals surface area contributed by atoms with Crippen molar-refractivity contribution in [2.75, 3.05) is 33.2 Å².